The molecule has 1 aliphatic rings. The Labute approximate surface area is 233 Å². The zero-order chi connectivity index (χ0) is 30.7. The van der Waals surface area contributed by atoms with Crippen LogP contribution >= 0.6 is 0 Å². The highest BCUT2D eigenvalue weighted by atomic mass is 19.3. The largest absolute Gasteiger partial charge is 0.390 e. The van der Waals surface area contributed by atoms with Crippen LogP contribution in [-0.4, -0.2) is 42.9 Å². The molecule has 38 heavy (non-hydrogen) atoms. The highest BCUT2D eigenvalue weighted by Gasteiger charge is 2.36. The fourth-order valence-electron chi connectivity index (χ4n) is 4.44. The molecule has 0 bridgehead atoms. The van der Waals surface area contributed by atoms with Crippen LogP contribution in [0.3, 0.4) is 0 Å². The molecule has 1 heterocycles. The van der Waals surface area contributed by atoms with Gasteiger partial charge in [0.1, 0.15) is 6.61 Å². The van der Waals surface area contributed by atoms with E-state index in [0.29, 0.717) is 17.3 Å². The van der Waals surface area contributed by atoms with E-state index in [1.807, 2.05) is 41.5 Å². The van der Waals surface area contributed by atoms with E-state index in [2.05, 4.69) is 27.7 Å². The first-order valence-corrected chi connectivity index (χ1v) is 13.4. The van der Waals surface area contributed by atoms with Gasteiger partial charge >= 0.3 is 0 Å². The van der Waals surface area contributed by atoms with E-state index in [-0.39, 0.29) is 31.1 Å². The summed E-state index contributed by atoms with van der Waals surface area (Å²) in [5, 5.41) is 8.21. The van der Waals surface area contributed by atoms with Crippen molar-refractivity contribution in [1.82, 2.24) is 0 Å². The number of hydrogen-bond acceptors (Lipinski definition) is 2. The summed E-state index contributed by atoms with van der Waals surface area (Å²) >= 11 is 0. The Morgan fingerprint density at radius 1 is 0.711 bits per heavy atom. The Morgan fingerprint density at radius 2 is 1.08 bits per heavy atom. The van der Waals surface area contributed by atoms with Crippen LogP contribution in [0, 0.1) is 27.1 Å². The highest BCUT2D eigenvalue weighted by molar-refractivity contribution is 4.85. The van der Waals surface area contributed by atoms with Crippen molar-refractivity contribution in [2.75, 3.05) is 19.8 Å². The van der Waals surface area contributed by atoms with Gasteiger partial charge in [-0.2, -0.15) is 0 Å². The Kier molecular flexibility index (Phi) is 19.6. The van der Waals surface area contributed by atoms with Crippen LogP contribution < -0.4 is 0 Å². The van der Waals surface area contributed by atoms with Gasteiger partial charge in [0.2, 0.25) is 5.92 Å². The standard InChI is InChI=1S/C9H18O.C7H14F2O.C7H14F2.C7H15F.CH4/c1-8(2,3)5-9(4)6-10-7-9;1-6(2,3)4-7(8,9)5-10;1-6(2,3)5-7(4,8)9;1-6(8)5-7(2,3)4;/h5-7H2,1-4H3;10H,4-5H2,1-3H3;5H2,1-4H3;6H,5H2,1-4H3;1H4. The van der Waals surface area contributed by atoms with Crippen LogP contribution in [0.15, 0.2) is 0 Å². The first-order chi connectivity index (χ1) is 15.8. The summed E-state index contributed by atoms with van der Waals surface area (Å²) < 4.78 is 66.6. The molecular weight excluding hydrogens is 499 g/mol. The molecule has 1 rings (SSSR count). The predicted molar refractivity (Wildman–Crippen MR) is 155 cm³/mol. The van der Waals surface area contributed by atoms with E-state index in [1.165, 1.54) is 6.42 Å². The Bertz CT molecular complexity index is 544. The maximum absolute atomic E-state index is 12.4. The van der Waals surface area contributed by atoms with E-state index in [0.717, 1.165) is 20.1 Å². The normalized spacial score (nSPS) is 16.7. The lowest BCUT2D eigenvalue weighted by Gasteiger charge is -2.42. The minimum Gasteiger partial charge on any atom is -0.390 e. The molecule has 1 aliphatic heterocycles. The van der Waals surface area contributed by atoms with Crippen molar-refractivity contribution >= 4 is 0 Å². The van der Waals surface area contributed by atoms with Gasteiger partial charge < -0.3 is 9.84 Å². The van der Waals surface area contributed by atoms with Gasteiger partial charge in [-0.3, -0.25) is 0 Å². The van der Waals surface area contributed by atoms with Crippen molar-refractivity contribution in [1.29, 1.82) is 0 Å². The third kappa shape index (κ3) is 37.7. The molecule has 0 aliphatic carbocycles. The van der Waals surface area contributed by atoms with Gasteiger partial charge in [-0.1, -0.05) is 97.4 Å². The van der Waals surface area contributed by atoms with Crippen LogP contribution in [0.2, 0.25) is 0 Å². The molecule has 1 atom stereocenters. The molecule has 236 valence electrons. The molecule has 1 fully saturated rings. The molecule has 1 unspecified atom stereocenters. The number of alkyl halides is 5. The van der Waals surface area contributed by atoms with E-state index in [1.54, 1.807) is 27.7 Å². The summed E-state index contributed by atoms with van der Waals surface area (Å²) in [5.41, 5.74) is 0.398. The van der Waals surface area contributed by atoms with Gasteiger partial charge in [0.15, 0.2) is 0 Å². The lowest BCUT2D eigenvalue weighted by molar-refractivity contribution is -0.119. The monoisotopic (exact) mass is 564 g/mol. The van der Waals surface area contributed by atoms with Crippen molar-refractivity contribution in [3.8, 4) is 0 Å². The van der Waals surface area contributed by atoms with Gasteiger partial charge in [0.25, 0.3) is 5.92 Å². The lowest BCUT2D eigenvalue weighted by Crippen LogP contribution is -2.42. The molecule has 7 heteroatoms. The van der Waals surface area contributed by atoms with Crippen molar-refractivity contribution in [3.05, 3.63) is 0 Å². The molecule has 2 nitrogen and oxygen atoms in total. The van der Waals surface area contributed by atoms with Crippen molar-refractivity contribution in [3.63, 3.8) is 0 Å². The summed E-state index contributed by atoms with van der Waals surface area (Å²) in [6.07, 6.45) is 0.971. The second-order valence-electron chi connectivity index (χ2n) is 16.1. The van der Waals surface area contributed by atoms with Crippen LogP contribution in [-0.2, 0) is 4.74 Å². The van der Waals surface area contributed by atoms with Crippen LogP contribution in [0.25, 0.3) is 0 Å². The molecule has 0 amide bonds. The fourth-order valence-corrected chi connectivity index (χ4v) is 4.44. The highest BCUT2D eigenvalue weighted by Crippen LogP contribution is 2.38. The maximum Gasteiger partial charge on any atom is 0.271 e. The number of aliphatic hydroxyl groups excluding tert-OH is 1. The summed E-state index contributed by atoms with van der Waals surface area (Å²) in [4.78, 5) is 0. The third-order valence-electron chi connectivity index (χ3n) is 4.61. The Balaban J connectivity index is -0.000000202. The van der Waals surface area contributed by atoms with E-state index in [4.69, 9.17) is 9.84 Å². The molecule has 1 N–H and O–H groups in total. The molecule has 0 saturated carbocycles. The summed E-state index contributed by atoms with van der Waals surface area (Å²) in [6, 6.07) is 0. The zero-order valence-corrected chi connectivity index (χ0v) is 26.8. The van der Waals surface area contributed by atoms with Crippen LogP contribution in [0.1, 0.15) is 137 Å². The first kappa shape index (κ1) is 44.6. The van der Waals surface area contributed by atoms with Crippen molar-refractivity contribution in [2.24, 2.45) is 27.1 Å². The minimum atomic E-state index is -2.92. The average Bonchev–Trinajstić information content (AvgIpc) is 2.45. The fraction of sp³-hybridized carbons (Fsp3) is 1.00. The molecule has 0 spiro atoms. The average molecular weight is 565 g/mol. The van der Waals surface area contributed by atoms with E-state index >= 15 is 0 Å². The maximum atomic E-state index is 12.4. The molecule has 0 aromatic heterocycles. The number of aliphatic hydroxyl groups is 1. The van der Waals surface area contributed by atoms with E-state index in [9.17, 15) is 22.0 Å². The Hall–Kier alpha value is -0.430. The lowest BCUT2D eigenvalue weighted by atomic mass is 9.74. The molecule has 0 aromatic rings. The molecular formula is C31H65F5O2. The summed E-state index contributed by atoms with van der Waals surface area (Å²) in [5.74, 6) is -5.43. The number of hydrogen-bond donors (Lipinski definition) is 1. The first-order valence-electron chi connectivity index (χ1n) is 13.4. The van der Waals surface area contributed by atoms with Gasteiger partial charge in [-0.05, 0) is 48.3 Å². The van der Waals surface area contributed by atoms with Gasteiger partial charge in [0, 0.05) is 18.3 Å². The van der Waals surface area contributed by atoms with Crippen molar-refractivity contribution < 1.29 is 31.8 Å². The van der Waals surface area contributed by atoms with Gasteiger partial charge in [0.05, 0.1) is 19.4 Å². The summed E-state index contributed by atoms with van der Waals surface area (Å²) in [6.45, 7) is 29.3. The molecule has 0 radical (unpaired) electrons. The van der Waals surface area contributed by atoms with Gasteiger partial charge in [-0.15, -0.1) is 0 Å². The molecule has 1 saturated heterocycles. The predicted octanol–water partition coefficient (Wildman–Crippen LogP) is 11.0. The zero-order valence-electron chi connectivity index (χ0n) is 26.8. The second kappa shape index (κ2) is 16.7. The van der Waals surface area contributed by atoms with Gasteiger partial charge in [-0.25, -0.2) is 22.0 Å². The van der Waals surface area contributed by atoms with E-state index < -0.39 is 30.0 Å². The van der Waals surface area contributed by atoms with Crippen molar-refractivity contribution in [2.45, 2.75) is 155 Å². The van der Waals surface area contributed by atoms with Crippen LogP contribution in [0.5, 0.6) is 0 Å². The van der Waals surface area contributed by atoms with Crippen LogP contribution in [0.4, 0.5) is 22.0 Å². The minimum absolute atomic E-state index is 0. The quantitative estimate of drug-likeness (QED) is 0.337. The third-order valence-corrected chi connectivity index (χ3v) is 4.61. The SMILES string of the molecule is C.CC(C)(C)CC(C)(F)F.CC(C)(C)CC(F)(F)CO.CC(C)(C)CC1(C)COC1.CC(F)CC(C)(C)C. The smallest absolute Gasteiger partial charge is 0.271 e. The Morgan fingerprint density at radius 3 is 1.13 bits per heavy atom. The number of halogens is 5. The number of rotatable bonds is 5. The molecule has 0 aromatic carbocycles. The summed E-state index contributed by atoms with van der Waals surface area (Å²) in [7, 11) is 0. The number of ether oxygens (including phenoxy) is 1. The second-order valence-corrected chi connectivity index (χ2v) is 16.1. The topological polar surface area (TPSA) is 29.5 Å².